The first-order chi connectivity index (χ1) is 9.31. The van der Waals surface area contributed by atoms with Crippen molar-refractivity contribution in [1.29, 1.82) is 0 Å². The molecule has 1 aliphatic heterocycles. The number of aromatic nitrogens is 1. The molecule has 0 aromatic carbocycles. The van der Waals surface area contributed by atoms with E-state index in [1.54, 1.807) is 7.11 Å². The van der Waals surface area contributed by atoms with E-state index in [9.17, 15) is 0 Å². The molecule has 0 bridgehead atoms. The normalized spacial score (nSPS) is 17.6. The van der Waals surface area contributed by atoms with Gasteiger partial charge in [0.15, 0.2) is 0 Å². The monoisotopic (exact) mass is 263 g/mol. The molecule has 1 aromatic rings. The van der Waals surface area contributed by atoms with Crippen molar-refractivity contribution >= 4 is 5.82 Å². The molecule has 0 amide bonds. The van der Waals surface area contributed by atoms with Gasteiger partial charge in [-0.3, -0.25) is 4.90 Å². The lowest BCUT2D eigenvalue weighted by molar-refractivity contribution is 0.0968. The maximum Gasteiger partial charge on any atom is 0.126 e. The quantitative estimate of drug-likeness (QED) is 0.855. The fourth-order valence-corrected chi connectivity index (χ4v) is 2.66. The van der Waals surface area contributed by atoms with Crippen LogP contribution in [0.4, 0.5) is 5.82 Å². The molecule has 2 heterocycles. The number of anilines is 1. The Morgan fingerprint density at radius 1 is 1.42 bits per heavy atom. The van der Waals surface area contributed by atoms with E-state index >= 15 is 0 Å². The lowest BCUT2D eigenvalue weighted by Crippen LogP contribution is -2.34. The third-order valence-corrected chi connectivity index (χ3v) is 3.70. The van der Waals surface area contributed by atoms with E-state index in [0.717, 1.165) is 31.4 Å². The molecule has 0 radical (unpaired) electrons. The predicted molar refractivity (Wildman–Crippen MR) is 78.3 cm³/mol. The van der Waals surface area contributed by atoms with Crippen LogP contribution in [-0.4, -0.2) is 43.2 Å². The highest BCUT2D eigenvalue weighted by atomic mass is 16.5. The molecule has 0 spiro atoms. The van der Waals surface area contributed by atoms with Gasteiger partial charge in [-0.05, 0) is 56.5 Å². The highest BCUT2D eigenvalue weighted by molar-refractivity contribution is 5.37. The Labute approximate surface area is 116 Å². The molecule has 0 saturated carbocycles. The molecule has 1 aliphatic rings. The third-order valence-electron chi connectivity index (χ3n) is 3.70. The van der Waals surface area contributed by atoms with Gasteiger partial charge in [0.1, 0.15) is 5.82 Å². The summed E-state index contributed by atoms with van der Waals surface area (Å²) in [6, 6.07) is 4.27. The minimum absolute atomic E-state index is 0.746. The van der Waals surface area contributed by atoms with E-state index in [1.165, 1.54) is 31.5 Å². The first-order valence-corrected chi connectivity index (χ1v) is 7.22. The Hall–Kier alpha value is -1.13. The molecule has 4 heteroatoms. The molecule has 4 nitrogen and oxygen atoms in total. The van der Waals surface area contributed by atoms with Crippen LogP contribution in [0.5, 0.6) is 0 Å². The average Bonchev–Trinajstić information content (AvgIpc) is 2.42. The molecule has 1 N–H and O–H groups in total. The summed E-state index contributed by atoms with van der Waals surface area (Å²) in [5.41, 5.74) is 1.34. The Kier molecular flexibility index (Phi) is 5.61. The minimum atomic E-state index is 0.746. The van der Waals surface area contributed by atoms with Crippen LogP contribution in [0.25, 0.3) is 0 Å². The number of rotatable bonds is 6. The van der Waals surface area contributed by atoms with E-state index in [2.05, 4.69) is 34.3 Å². The molecular formula is C15H25N3O. The summed E-state index contributed by atoms with van der Waals surface area (Å²) in [4.78, 5) is 6.84. The van der Waals surface area contributed by atoms with Crippen molar-refractivity contribution in [3.63, 3.8) is 0 Å². The van der Waals surface area contributed by atoms with E-state index < -0.39 is 0 Å². The molecule has 0 unspecified atom stereocenters. The summed E-state index contributed by atoms with van der Waals surface area (Å²) in [6.07, 6.45) is 4.39. The Balaban J connectivity index is 1.83. The summed E-state index contributed by atoms with van der Waals surface area (Å²) in [7, 11) is 1.80. The van der Waals surface area contributed by atoms with Gasteiger partial charge in [0.25, 0.3) is 0 Å². The topological polar surface area (TPSA) is 37.4 Å². The second-order valence-electron chi connectivity index (χ2n) is 5.25. The third kappa shape index (κ3) is 4.48. The van der Waals surface area contributed by atoms with Crippen LogP contribution in [0, 0.1) is 5.92 Å². The zero-order valence-electron chi connectivity index (χ0n) is 12.1. The van der Waals surface area contributed by atoms with Crippen LogP contribution >= 0.6 is 0 Å². The molecule has 0 atom stereocenters. The number of likely N-dealkylation sites (tertiary alicyclic amines) is 1. The number of pyridine rings is 1. The molecule has 0 aliphatic carbocycles. The lowest BCUT2D eigenvalue weighted by atomic mass is 9.97. The van der Waals surface area contributed by atoms with E-state index in [-0.39, 0.29) is 0 Å². The Bertz CT molecular complexity index is 375. The highest BCUT2D eigenvalue weighted by Gasteiger charge is 2.18. The number of hydrogen-bond donors (Lipinski definition) is 1. The molecule has 1 aromatic heterocycles. The standard InChI is InChI=1S/C15H25N3O/c1-3-16-15-10-14(4-7-17-15)11-18-8-5-13(6-9-18)12-19-2/h4,7,10,13H,3,5-6,8-9,11-12H2,1-2H3,(H,16,17). The van der Waals surface area contributed by atoms with Crippen molar-refractivity contribution in [2.24, 2.45) is 5.92 Å². The van der Waals surface area contributed by atoms with Crippen LogP contribution in [0.1, 0.15) is 25.3 Å². The number of nitrogens with one attached hydrogen (secondary N) is 1. The Morgan fingerprint density at radius 3 is 2.89 bits per heavy atom. The maximum absolute atomic E-state index is 5.24. The minimum Gasteiger partial charge on any atom is -0.384 e. The maximum atomic E-state index is 5.24. The van der Waals surface area contributed by atoms with Crippen molar-refractivity contribution < 1.29 is 4.74 Å². The number of ether oxygens (including phenoxy) is 1. The number of nitrogens with zero attached hydrogens (tertiary/aromatic N) is 2. The SMILES string of the molecule is CCNc1cc(CN2CCC(COC)CC2)ccn1. The smallest absolute Gasteiger partial charge is 0.126 e. The summed E-state index contributed by atoms with van der Waals surface area (Å²) >= 11 is 0. The fourth-order valence-electron chi connectivity index (χ4n) is 2.66. The summed E-state index contributed by atoms with van der Waals surface area (Å²) < 4.78 is 5.24. The molecule has 1 saturated heterocycles. The van der Waals surface area contributed by atoms with Gasteiger partial charge in [0.2, 0.25) is 0 Å². The van der Waals surface area contributed by atoms with Crippen molar-refractivity contribution in [1.82, 2.24) is 9.88 Å². The number of hydrogen-bond acceptors (Lipinski definition) is 4. The van der Waals surface area contributed by atoms with Crippen molar-refractivity contribution in [3.8, 4) is 0 Å². The van der Waals surface area contributed by atoms with Gasteiger partial charge < -0.3 is 10.1 Å². The summed E-state index contributed by atoms with van der Waals surface area (Å²) in [5, 5.41) is 3.26. The molecule has 1 fully saturated rings. The van der Waals surface area contributed by atoms with Crippen molar-refractivity contribution in [3.05, 3.63) is 23.9 Å². The molecule has 2 rings (SSSR count). The zero-order valence-corrected chi connectivity index (χ0v) is 12.1. The molecular weight excluding hydrogens is 238 g/mol. The van der Waals surface area contributed by atoms with Crippen LogP contribution in [0.15, 0.2) is 18.3 Å². The van der Waals surface area contributed by atoms with Crippen molar-refractivity contribution in [2.75, 3.05) is 38.7 Å². The van der Waals surface area contributed by atoms with Gasteiger partial charge in [0.05, 0.1) is 0 Å². The average molecular weight is 263 g/mol. The van der Waals surface area contributed by atoms with Crippen LogP contribution in [-0.2, 0) is 11.3 Å². The number of piperidine rings is 1. The van der Waals surface area contributed by atoms with E-state index in [4.69, 9.17) is 4.74 Å². The van der Waals surface area contributed by atoms with Gasteiger partial charge >= 0.3 is 0 Å². The Morgan fingerprint density at radius 2 is 2.21 bits per heavy atom. The first-order valence-electron chi connectivity index (χ1n) is 7.22. The van der Waals surface area contributed by atoms with Gasteiger partial charge in [-0.1, -0.05) is 0 Å². The fraction of sp³-hybridized carbons (Fsp3) is 0.667. The van der Waals surface area contributed by atoms with Crippen LogP contribution in [0.2, 0.25) is 0 Å². The number of methoxy groups -OCH3 is 1. The van der Waals surface area contributed by atoms with Gasteiger partial charge in [-0.15, -0.1) is 0 Å². The summed E-state index contributed by atoms with van der Waals surface area (Å²) in [5.74, 6) is 1.73. The second-order valence-corrected chi connectivity index (χ2v) is 5.25. The second kappa shape index (κ2) is 7.46. The first kappa shape index (κ1) is 14.3. The van der Waals surface area contributed by atoms with Gasteiger partial charge in [0, 0.05) is 33.0 Å². The zero-order chi connectivity index (χ0) is 13.5. The van der Waals surface area contributed by atoms with Crippen molar-refractivity contribution in [2.45, 2.75) is 26.3 Å². The predicted octanol–water partition coefficient (Wildman–Crippen LogP) is 2.37. The van der Waals surface area contributed by atoms with Gasteiger partial charge in [-0.25, -0.2) is 4.98 Å². The van der Waals surface area contributed by atoms with Crippen LogP contribution < -0.4 is 5.32 Å². The van der Waals surface area contributed by atoms with Gasteiger partial charge in [-0.2, -0.15) is 0 Å². The molecule has 19 heavy (non-hydrogen) atoms. The largest absolute Gasteiger partial charge is 0.384 e. The van der Waals surface area contributed by atoms with E-state index in [1.807, 2.05) is 6.20 Å². The molecule has 106 valence electrons. The summed E-state index contributed by atoms with van der Waals surface area (Å²) in [6.45, 7) is 7.29. The van der Waals surface area contributed by atoms with Crippen LogP contribution in [0.3, 0.4) is 0 Å². The van der Waals surface area contributed by atoms with E-state index in [0.29, 0.717) is 0 Å². The highest BCUT2D eigenvalue weighted by Crippen LogP contribution is 2.19. The lowest BCUT2D eigenvalue weighted by Gasteiger charge is -2.31.